The summed E-state index contributed by atoms with van der Waals surface area (Å²) in [5.74, 6) is 0.729. The monoisotopic (exact) mass is 268 g/mol. The molecule has 0 N–H and O–H groups in total. The van der Waals surface area contributed by atoms with Crippen molar-refractivity contribution in [2.45, 2.75) is 44.6 Å². The van der Waals surface area contributed by atoms with E-state index >= 15 is 0 Å². The van der Waals surface area contributed by atoms with E-state index < -0.39 is 0 Å². The minimum absolute atomic E-state index is 0.666. The Kier molecular flexibility index (Phi) is 2.95. The third kappa shape index (κ3) is 1.77. The average molecular weight is 268 g/mol. The van der Waals surface area contributed by atoms with Crippen molar-refractivity contribution in [1.82, 2.24) is 4.90 Å². The molecule has 2 nitrogen and oxygen atoms in total. The number of hydrogen-bond acceptors (Lipinski definition) is 2. The van der Waals surface area contributed by atoms with Crippen LogP contribution < -0.4 is 0 Å². The molecule has 0 saturated carbocycles. The van der Waals surface area contributed by atoms with Gasteiger partial charge in [-0.2, -0.15) is 0 Å². The largest absolute Gasteiger partial charge is 0.299 e. The third-order valence-electron chi connectivity index (χ3n) is 5.62. The van der Waals surface area contributed by atoms with Crippen molar-refractivity contribution in [2.24, 2.45) is 10.9 Å². The second kappa shape index (κ2) is 4.70. The minimum Gasteiger partial charge on any atom is -0.299 e. The van der Waals surface area contributed by atoms with Crippen molar-refractivity contribution < 1.29 is 0 Å². The first-order chi connectivity index (χ1) is 9.78. The fourth-order valence-electron chi connectivity index (χ4n) is 4.64. The zero-order valence-corrected chi connectivity index (χ0v) is 12.5. The Morgan fingerprint density at radius 2 is 2.20 bits per heavy atom. The molecule has 0 aromatic heterocycles. The summed E-state index contributed by atoms with van der Waals surface area (Å²) < 4.78 is 0. The van der Waals surface area contributed by atoms with Crippen LogP contribution in [-0.4, -0.2) is 36.8 Å². The smallest absolute Gasteiger partial charge is 0.0465 e. The number of aliphatic imine (C=N–C) groups is 1. The molecule has 0 radical (unpaired) electrons. The van der Waals surface area contributed by atoms with Crippen LogP contribution in [0.1, 0.15) is 38.5 Å². The number of rotatable bonds is 2. The Hall–Kier alpha value is -1.15. The molecule has 0 saturated heterocycles. The van der Waals surface area contributed by atoms with Crippen LogP contribution in [0.25, 0.3) is 0 Å². The summed E-state index contributed by atoms with van der Waals surface area (Å²) in [6, 6.07) is 0.666. The highest BCUT2D eigenvalue weighted by molar-refractivity contribution is 6.04. The van der Waals surface area contributed by atoms with E-state index in [1.807, 2.05) is 0 Å². The molecule has 0 aromatic carbocycles. The van der Waals surface area contributed by atoms with E-state index in [1.165, 1.54) is 37.8 Å². The molecule has 20 heavy (non-hydrogen) atoms. The molecule has 2 heterocycles. The first-order valence-corrected chi connectivity index (χ1v) is 8.07. The third-order valence-corrected chi connectivity index (χ3v) is 5.62. The summed E-state index contributed by atoms with van der Waals surface area (Å²) >= 11 is 0. The molecule has 0 bridgehead atoms. The lowest BCUT2D eigenvalue weighted by Crippen LogP contribution is -2.40. The number of likely N-dealkylation sites (N-methyl/N-ethyl adjacent to an activating group) is 1. The predicted molar refractivity (Wildman–Crippen MR) is 84.2 cm³/mol. The Balaban J connectivity index is 1.73. The summed E-state index contributed by atoms with van der Waals surface area (Å²) in [6.45, 7) is 6.13. The minimum atomic E-state index is 0.666. The Morgan fingerprint density at radius 3 is 3.05 bits per heavy atom. The van der Waals surface area contributed by atoms with E-state index in [0.717, 1.165) is 25.4 Å². The van der Waals surface area contributed by atoms with Crippen LogP contribution in [0.3, 0.4) is 0 Å². The molecule has 4 aliphatic rings. The van der Waals surface area contributed by atoms with Crippen molar-refractivity contribution in [3.05, 3.63) is 34.9 Å². The standard InChI is InChI=1S/C18H24N2/c1-3-5-14-9-12-8-13-10-19-17-7-4-6-15(18(13)17)16(12)11-20(14)2/h3,13-14H,1,4-11H2,2H3. The second-order valence-corrected chi connectivity index (χ2v) is 6.81. The number of fused-ring (bicyclic) bond motifs is 1. The summed E-state index contributed by atoms with van der Waals surface area (Å²) in [6.07, 6.45) is 9.56. The molecule has 2 unspecified atom stereocenters. The van der Waals surface area contributed by atoms with Gasteiger partial charge in [-0.05, 0) is 62.3 Å². The van der Waals surface area contributed by atoms with Crippen LogP contribution in [-0.2, 0) is 0 Å². The topological polar surface area (TPSA) is 15.6 Å². The van der Waals surface area contributed by atoms with Gasteiger partial charge in [0.15, 0.2) is 0 Å². The van der Waals surface area contributed by atoms with E-state index in [1.54, 1.807) is 22.3 Å². The lowest BCUT2D eigenvalue weighted by molar-refractivity contribution is 0.239. The van der Waals surface area contributed by atoms with E-state index in [2.05, 4.69) is 24.6 Å². The maximum Gasteiger partial charge on any atom is 0.0465 e. The molecule has 2 atom stereocenters. The van der Waals surface area contributed by atoms with Crippen molar-refractivity contribution in [3.63, 3.8) is 0 Å². The molecule has 0 amide bonds. The van der Waals surface area contributed by atoms with Gasteiger partial charge in [-0.15, -0.1) is 6.58 Å². The Bertz CT molecular complexity index is 550. The number of hydrogen-bond donors (Lipinski definition) is 0. The van der Waals surface area contributed by atoms with Gasteiger partial charge in [0.05, 0.1) is 0 Å². The molecule has 0 spiro atoms. The zero-order valence-electron chi connectivity index (χ0n) is 12.5. The van der Waals surface area contributed by atoms with Crippen LogP contribution in [0.5, 0.6) is 0 Å². The molecular weight excluding hydrogens is 244 g/mol. The average Bonchev–Trinajstić information content (AvgIpc) is 2.86. The van der Waals surface area contributed by atoms with E-state index in [9.17, 15) is 0 Å². The van der Waals surface area contributed by atoms with Crippen LogP contribution in [0.15, 0.2) is 39.9 Å². The Labute approximate surface area is 122 Å². The van der Waals surface area contributed by atoms with Crippen molar-refractivity contribution in [1.29, 1.82) is 0 Å². The normalized spacial score (nSPS) is 33.0. The van der Waals surface area contributed by atoms with E-state index in [-0.39, 0.29) is 0 Å². The second-order valence-electron chi connectivity index (χ2n) is 6.81. The van der Waals surface area contributed by atoms with Gasteiger partial charge in [-0.1, -0.05) is 11.6 Å². The first-order valence-electron chi connectivity index (χ1n) is 8.07. The van der Waals surface area contributed by atoms with Gasteiger partial charge in [0.25, 0.3) is 0 Å². The summed E-state index contributed by atoms with van der Waals surface area (Å²) in [5, 5.41) is 0. The van der Waals surface area contributed by atoms with Gasteiger partial charge in [0.1, 0.15) is 0 Å². The van der Waals surface area contributed by atoms with Gasteiger partial charge in [0.2, 0.25) is 0 Å². The summed E-state index contributed by atoms with van der Waals surface area (Å²) in [7, 11) is 2.28. The van der Waals surface area contributed by atoms with Gasteiger partial charge in [-0.25, -0.2) is 0 Å². The fourth-order valence-corrected chi connectivity index (χ4v) is 4.64. The lowest BCUT2D eigenvalue weighted by Gasteiger charge is -2.41. The van der Waals surface area contributed by atoms with Crippen molar-refractivity contribution in [3.8, 4) is 0 Å². The Morgan fingerprint density at radius 1 is 1.30 bits per heavy atom. The molecule has 106 valence electrons. The van der Waals surface area contributed by atoms with Gasteiger partial charge >= 0.3 is 0 Å². The molecule has 0 fully saturated rings. The molecular formula is C18H24N2. The molecule has 4 rings (SSSR count). The van der Waals surface area contributed by atoms with E-state index in [0.29, 0.717) is 6.04 Å². The first kappa shape index (κ1) is 12.6. The van der Waals surface area contributed by atoms with Gasteiger partial charge < -0.3 is 0 Å². The highest BCUT2D eigenvalue weighted by Crippen LogP contribution is 2.47. The van der Waals surface area contributed by atoms with Crippen LogP contribution in [0.4, 0.5) is 0 Å². The molecule has 0 aromatic rings. The van der Waals surface area contributed by atoms with E-state index in [4.69, 9.17) is 4.99 Å². The van der Waals surface area contributed by atoms with Crippen LogP contribution in [0.2, 0.25) is 0 Å². The number of nitrogens with zero attached hydrogens (tertiary/aromatic N) is 2. The highest BCUT2D eigenvalue weighted by atomic mass is 15.1. The summed E-state index contributed by atoms with van der Waals surface area (Å²) in [4.78, 5) is 7.37. The highest BCUT2D eigenvalue weighted by Gasteiger charge is 2.39. The molecule has 2 aliphatic carbocycles. The maximum absolute atomic E-state index is 4.83. The van der Waals surface area contributed by atoms with Gasteiger partial charge in [0, 0.05) is 30.8 Å². The van der Waals surface area contributed by atoms with Crippen molar-refractivity contribution >= 4 is 5.71 Å². The molecule has 2 aliphatic heterocycles. The van der Waals surface area contributed by atoms with Gasteiger partial charge in [-0.3, -0.25) is 9.89 Å². The summed E-state index contributed by atoms with van der Waals surface area (Å²) in [5.41, 5.74) is 8.26. The lowest BCUT2D eigenvalue weighted by atomic mass is 9.71. The fraction of sp³-hybridized carbons (Fsp3) is 0.611. The maximum atomic E-state index is 4.83. The van der Waals surface area contributed by atoms with Crippen LogP contribution >= 0.6 is 0 Å². The predicted octanol–water partition coefficient (Wildman–Crippen LogP) is 3.52. The zero-order chi connectivity index (χ0) is 13.7. The SMILES string of the molecule is C=CCC1CC2=C(CN1C)C1=C3C(=NCC3C2)CCC1. The quantitative estimate of drug-likeness (QED) is 0.700. The molecule has 2 heteroatoms. The van der Waals surface area contributed by atoms with Crippen molar-refractivity contribution in [2.75, 3.05) is 20.1 Å². The van der Waals surface area contributed by atoms with Crippen LogP contribution in [0, 0.1) is 5.92 Å².